The standard InChI is InChI=1S/C11H14N2O4.Li.H/c1-11(2,3)17-10(16)13-8-5-4-7(6-12-8)9(14)15;;/h4-6H,1-3H3,(H,14,15)(H,12,13,16);;/q;+1;-1. The fraction of sp³-hybridized carbons (Fsp3) is 0.364. The Balaban J connectivity index is 0. The fourth-order valence-electron chi connectivity index (χ4n) is 1.00. The average molecular weight is 246 g/mol. The molecule has 6 nitrogen and oxygen atoms in total. The van der Waals surface area contributed by atoms with Crippen LogP contribution in [0.4, 0.5) is 10.6 Å². The minimum atomic E-state index is -1.07. The Morgan fingerprint density at radius 3 is 2.39 bits per heavy atom. The second kappa shape index (κ2) is 6.43. The van der Waals surface area contributed by atoms with E-state index in [-0.39, 0.29) is 31.7 Å². The molecule has 0 bridgehead atoms. The number of carboxylic acids is 1. The molecule has 0 aromatic carbocycles. The summed E-state index contributed by atoms with van der Waals surface area (Å²) in [5.74, 6) is -0.828. The molecule has 1 rings (SSSR count). The normalized spacial score (nSPS) is 10.2. The summed E-state index contributed by atoms with van der Waals surface area (Å²) in [6.45, 7) is 5.23. The van der Waals surface area contributed by atoms with Gasteiger partial charge in [0.1, 0.15) is 11.4 Å². The largest absolute Gasteiger partial charge is 1.00 e. The van der Waals surface area contributed by atoms with Crippen molar-refractivity contribution in [3.05, 3.63) is 23.9 Å². The summed E-state index contributed by atoms with van der Waals surface area (Å²) >= 11 is 0. The van der Waals surface area contributed by atoms with E-state index in [0.29, 0.717) is 0 Å². The molecule has 1 amide bonds. The number of rotatable bonds is 2. The molecule has 18 heavy (non-hydrogen) atoms. The van der Waals surface area contributed by atoms with Crippen LogP contribution in [-0.2, 0) is 4.74 Å². The van der Waals surface area contributed by atoms with E-state index in [2.05, 4.69) is 10.3 Å². The van der Waals surface area contributed by atoms with E-state index < -0.39 is 17.7 Å². The van der Waals surface area contributed by atoms with Crippen molar-refractivity contribution in [1.29, 1.82) is 0 Å². The average Bonchev–Trinajstić information content (AvgIpc) is 2.15. The Bertz CT molecular complexity index is 431. The minimum Gasteiger partial charge on any atom is -1.00 e. The summed E-state index contributed by atoms with van der Waals surface area (Å²) in [6, 6.07) is 2.75. The first-order valence-corrected chi connectivity index (χ1v) is 4.97. The van der Waals surface area contributed by atoms with Crippen molar-refractivity contribution in [1.82, 2.24) is 4.98 Å². The maximum atomic E-state index is 11.4. The van der Waals surface area contributed by atoms with Gasteiger partial charge < -0.3 is 11.3 Å². The zero-order chi connectivity index (χ0) is 13.1. The molecule has 0 aliphatic heterocycles. The van der Waals surface area contributed by atoms with Crippen LogP contribution in [0, 0.1) is 0 Å². The van der Waals surface area contributed by atoms with Crippen LogP contribution in [0.2, 0.25) is 0 Å². The van der Waals surface area contributed by atoms with E-state index in [1.54, 1.807) is 20.8 Å². The van der Waals surface area contributed by atoms with Crippen molar-refractivity contribution in [2.45, 2.75) is 26.4 Å². The smallest absolute Gasteiger partial charge is 1.00 e. The van der Waals surface area contributed by atoms with Gasteiger partial charge in [-0.25, -0.2) is 14.6 Å². The van der Waals surface area contributed by atoms with Gasteiger partial charge in [-0.05, 0) is 32.9 Å². The van der Waals surface area contributed by atoms with E-state index in [4.69, 9.17) is 9.84 Å². The van der Waals surface area contributed by atoms with Crippen LogP contribution < -0.4 is 24.2 Å². The number of carbonyl (C=O) groups is 2. The predicted octanol–water partition coefficient (Wildman–Crippen LogP) is -0.757. The molecule has 0 saturated heterocycles. The number of hydrogen-bond acceptors (Lipinski definition) is 4. The predicted molar refractivity (Wildman–Crippen MR) is 62.2 cm³/mol. The van der Waals surface area contributed by atoms with Crippen LogP contribution in [0.5, 0.6) is 0 Å². The van der Waals surface area contributed by atoms with Crippen molar-refractivity contribution in [3.8, 4) is 0 Å². The number of aromatic nitrogens is 1. The summed E-state index contributed by atoms with van der Waals surface area (Å²) < 4.78 is 5.01. The monoisotopic (exact) mass is 246 g/mol. The first kappa shape index (κ1) is 16.5. The molecule has 1 heterocycles. The van der Waals surface area contributed by atoms with Gasteiger partial charge in [0.25, 0.3) is 0 Å². The summed E-state index contributed by atoms with van der Waals surface area (Å²) in [7, 11) is 0. The SMILES string of the molecule is CC(C)(C)OC(=O)Nc1ccc(C(=O)O)cn1.[H-].[Li+]. The van der Waals surface area contributed by atoms with Gasteiger partial charge in [-0.3, -0.25) is 5.32 Å². The van der Waals surface area contributed by atoms with Crippen molar-refractivity contribution in [2.24, 2.45) is 0 Å². The Labute approximate surface area is 118 Å². The molecule has 0 unspecified atom stereocenters. The minimum absolute atomic E-state index is 0. The summed E-state index contributed by atoms with van der Waals surface area (Å²) in [6.07, 6.45) is 0.530. The number of nitrogens with one attached hydrogen (secondary N) is 1. The molecule has 1 aromatic heterocycles. The van der Waals surface area contributed by atoms with Gasteiger partial charge in [0.05, 0.1) is 5.56 Å². The number of carboxylic acid groups (broad SMARTS) is 1. The summed E-state index contributed by atoms with van der Waals surface area (Å²) in [5.41, 5.74) is -0.537. The van der Waals surface area contributed by atoms with Gasteiger partial charge in [-0.15, -0.1) is 0 Å². The third-order valence-electron chi connectivity index (χ3n) is 1.64. The third-order valence-corrected chi connectivity index (χ3v) is 1.64. The van der Waals surface area contributed by atoms with Crippen LogP contribution in [0.3, 0.4) is 0 Å². The summed E-state index contributed by atoms with van der Waals surface area (Å²) in [5, 5.41) is 11.1. The number of amides is 1. The Kier molecular flexibility index (Phi) is 5.89. The molecule has 0 atom stereocenters. The molecule has 0 spiro atoms. The van der Waals surface area contributed by atoms with Gasteiger partial charge in [-0.2, -0.15) is 0 Å². The molecule has 0 aliphatic carbocycles. The third kappa shape index (κ3) is 5.71. The zero-order valence-electron chi connectivity index (χ0n) is 11.9. The van der Waals surface area contributed by atoms with Crippen LogP contribution >= 0.6 is 0 Å². The van der Waals surface area contributed by atoms with Crippen LogP contribution in [0.1, 0.15) is 32.6 Å². The number of anilines is 1. The van der Waals surface area contributed by atoms with Crippen molar-refractivity contribution in [2.75, 3.05) is 5.32 Å². The molecule has 2 N–H and O–H groups in total. The van der Waals surface area contributed by atoms with Crippen molar-refractivity contribution in [3.63, 3.8) is 0 Å². The van der Waals surface area contributed by atoms with Crippen LogP contribution in [0.25, 0.3) is 0 Å². The zero-order valence-corrected chi connectivity index (χ0v) is 10.9. The number of hydrogen-bond donors (Lipinski definition) is 2. The second-order valence-electron chi connectivity index (χ2n) is 4.36. The Morgan fingerprint density at radius 2 is 2.00 bits per heavy atom. The van der Waals surface area contributed by atoms with Gasteiger partial charge in [-0.1, -0.05) is 0 Å². The fourth-order valence-corrected chi connectivity index (χ4v) is 1.00. The molecule has 1 aromatic rings. The Hall–Kier alpha value is -1.51. The van der Waals surface area contributed by atoms with Gasteiger partial charge in [0.15, 0.2) is 0 Å². The quantitative estimate of drug-likeness (QED) is 0.670. The van der Waals surface area contributed by atoms with Crippen LogP contribution in [-0.4, -0.2) is 27.8 Å². The Morgan fingerprint density at radius 1 is 1.39 bits per heavy atom. The molecule has 0 radical (unpaired) electrons. The second-order valence-corrected chi connectivity index (χ2v) is 4.36. The summed E-state index contributed by atoms with van der Waals surface area (Å²) in [4.78, 5) is 25.7. The first-order valence-electron chi connectivity index (χ1n) is 4.97. The number of pyridine rings is 1. The van der Waals surface area contributed by atoms with Crippen LogP contribution in [0.15, 0.2) is 18.3 Å². The molecule has 0 fully saturated rings. The topological polar surface area (TPSA) is 88.5 Å². The molecule has 94 valence electrons. The van der Waals surface area contributed by atoms with Crippen molar-refractivity contribution < 1.29 is 39.7 Å². The van der Waals surface area contributed by atoms with E-state index in [1.165, 1.54) is 12.1 Å². The van der Waals surface area contributed by atoms with E-state index >= 15 is 0 Å². The molecular formula is C11H15LiN2O4. The molecule has 0 saturated carbocycles. The maximum absolute atomic E-state index is 11.4. The van der Waals surface area contributed by atoms with E-state index in [1.807, 2.05) is 0 Å². The van der Waals surface area contributed by atoms with Crippen molar-refractivity contribution >= 4 is 17.9 Å². The maximum Gasteiger partial charge on any atom is 1.00 e. The number of aromatic carboxylic acids is 1. The van der Waals surface area contributed by atoms with Gasteiger partial charge in [0.2, 0.25) is 0 Å². The number of ether oxygens (including phenoxy) is 1. The van der Waals surface area contributed by atoms with Gasteiger partial charge >= 0.3 is 30.9 Å². The number of carbonyl (C=O) groups excluding carboxylic acids is 1. The molecule has 0 aliphatic rings. The number of nitrogens with zero attached hydrogens (tertiary/aromatic N) is 1. The van der Waals surface area contributed by atoms with E-state index in [0.717, 1.165) is 6.20 Å². The first-order chi connectivity index (χ1) is 7.78. The molecule has 7 heteroatoms. The van der Waals surface area contributed by atoms with E-state index in [9.17, 15) is 9.59 Å². The molecular weight excluding hydrogens is 231 g/mol. The van der Waals surface area contributed by atoms with Gasteiger partial charge in [0, 0.05) is 6.20 Å².